The van der Waals surface area contributed by atoms with Gasteiger partial charge in [-0.05, 0) is 42.0 Å². The maximum absolute atomic E-state index is 12.3. The van der Waals surface area contributed by atoms with Gasteiger partial charge in [-0.1, -0.05) is 48.0 Å². The molecule has 0 aliphatic rings. The quantitative estimate of drug-likeness (QED) is 0.353. The van der Waals surface area contributed by atoms with Crippen molar-refractivity contribution >= 4 is 23.3 Å². The van der Waals surface area contributed by atoms with Gasteiger partial charge in [0.1, 0.15) is 0 Å². The summed E-state index contributed by atoms with van der Waals surface area (Å²) in [5, 5.41) is 0.301. The second-order valence-electron chi connectivity index (χ2n) is 5.71. The van der Waals surface area contributed by atoms with Crippen LogP contribution < -0.4 is 20.3 Å². The number of methoxy groups -OCH3 is 1. The van der Waals surface area contributed by atoms with Gasteiger partial charge in [-0.3, -0.25) is 0 Å². The molecule has 6 heteroatoms. The molecule has 0 amide bonds. The van der Waals surface area contributed by atoms with Crippen LogP contribution in [-0.4, -0.2) is 13.1 Å². The molecule has 0 bridgehead atoms. The van der Waals surface area contributed by atoms with Crippen molar-refractivity contribution in [1.29, 1.82) is 0 Å². The first-order chi connectivity index (χ1) is 13.2. The summed E-state index contributed by atoms with van der Waals surface area (Å²) in [7, 11) is 1.50. The summed E-state index contributed by atoms with van der Waals surface area (Å²) in [6, 6.07) is 22.0. The lowest BCUT2D eigenvalue weighted by atomic mass is 10.2. The number of ether oxygens (including phenoxy) is 2. The van der Waals surface area contributed by atoms with Crippen LogP contribution in [0.1, 0.15) is 15.9 Å². The molecule has 5 nitrogen and oxygen atoms in total. The number of anilines is 1. The van der Waals surface area contributed by atoms with Crippen molar-refractivity contribution < 1.29 is 14.3 Å². The maximum Gasteiger partial charge on any atom is 0.343 e. The number of halogens is 1. The predicted octanol–water partition coefficient (Wildman–Crippen LogP) is 4.68. The van der Waals surface area contributed by atoms with Gasteiger partial charge in [0, 0.05) is 12.2 Å². The summed E-state index contributed by atoms with van der Waals surface area (Å²) in [5.41, 5.74) is 8.47. The molecular formula is C21H19ClN2O3. The Morgan fingerprint density at radius 3 is 2.33 bits per heavy atom. The number of esters is 1. The molecule has 0 saturated heterocycles. The van der Waals surface area contributed by atoms with Crippen LogP contribution in [0.25, 0.3) is 0 Å². The minimum absolute atomic E-state index is 0.202. The Labute approximate surface area is 162 Å². The summed E-state index contributed by atoms with van der Waals surface area (Å²) in [5.74, 6) is 0.100. The Morgan fingerprint density at radius 1 is 1.00 bits per heavy atom. The molecule has 138 valence electrons. The van der Waals surface area contributed by atoms with Crippen LogP contribution in [-0.2, 0) is 6.54 Å². The van der Waals surface area contributed by atoms with E-state index in [4.69, 9.17) is 21.1 Å². The fourth-order valence-corrected chi connectivity index (χ4v) is 2.74. The van der Waals surface area contributed by atoms with Crippen LogP contribution in [0.4, 0.5) is 5.69 Å². The molecule has 0 fully saturated rings. The smallest absolute Gasteiger partial charge is 0.343 e. The Hall–Kier alpha value is -3.02. The summed E-state index contributed by atoms with van der Waals surface area (Å²) in [6.45, 7) is 0.498. The number of hydrazine groups is 1. The SMILES string of the molecule is COc1cc(CNNc2ccccc2)cc(Cl)c1OC(=O)c1ccccc1. The molecule has 0 saturated carbocycles. The van der Waals surface area contributed by atoms with E-state index in [0.717, 1.165) is 11.3 Å². The van der Waals surface area contributed by atoms with Crippen molar-refractivity contribution in [3.05, 3.63) is 88.9 Å². The maximum atomic E-state index is 12.3. The third-order valence-corrected chi connectivity index (χ3v) is 4.07. The Morgan fingerprint density at radius 2 is 1.67 bits per heavy atom. The minimum Gasteiger partial charge on any atom is -0.493 e. The molecule has 0 unspecified atom stereocenters. The minimum atomic E-state index is -0.493. The van der Waals surface area contributed by atoms with Crippen molar-refractivity contribution in [1.82, 2.24) is 5.43 Å². The molecule has 0 aromatic heterocycles. The Kier molecular flexibility index (Phi) is 6.30. The third kappa shape index (κ3) is 5.00. The van der Waals surface area contributed by atoms with Crippen molar-refractivity contribution in [2.75, 3.05) is 12.5 Å². The zero-order valence-corrected chi connectivity index (χ0v) is 15.5. The largest absolute Gasteiger partial charge is 0.493 e. The van der Waals surface area contributed by atoms with E-state index in [1.807, 2.05) is 36.4 Å². The molecule has 0 aliphatic heterocycles. The van der Waals surface area contributed by atoms with Crippen molar-refractivity contribution in [2.45, 2.75) is 6.54 Å². The number of rotatable bonds is 7. The Bertz CT molecular complexity index is 902. The van der Waals surface area contributed by atoms with E-state index in [1.54, 1.807) is 36.4 Å². The molecule has 3 aromatic carbocycles. The molecule has 3 rings (SSSR count). The van der Waals surface area contributed by atoms with Gasteiger partial charge in [-0.15, -0.1) is 0 Å². The van der Waals surface area contributed by atoms with Gasteiger partial charge in [0.2, 0.25) is 0 Å². The van der Waals surface area contributed by atoms with E-state index in [2.05, 4.69) is 10.9 Å². The van der Waals surface area contributed by atoms with Gasteiger partial charge in [0.05, 0.1) is 17.7 Å². The van der Waals surface area contributed by atoms with Gasteiger partial charge < -0.3 is 14.9 Å². The summed E-state index contributed by atoms with van der Waals surface area (Å²) < 4.78 is 10.8. The van der Waals surface area contributed by atoms with Crippen LogP contribution in [0.5, 0.6) is 11.5 Å². The molecule has 0 radical (unpaired) electrons. The van der Waals surface area contributed by atoms with Crippen molar-refractivity contribution in [3.8, 4) is 11.5 Å². The highest BCUT2D eigenvalue weighted by molar-refractivity contribution is 6.32. The highest BCUT2D eigenvalue weighted by Crippen LogP contribution is 2.37. The number of benzene rings is 3. The van der Waals surface area contributed by atoms with E-state index in [0.29, 0.717) is 22.9 Å². The van der Waals surface area contributed by atoms with E-state index in [1.165, 1.54) is 7.11 Å². The third-order valence-electron chi connectivity index (χ3n) is 3.79. The van der Waals surface area contributed by atoms with Gasteiger partial charge >= 0.3 is 5.97 Å². The monoisotopic (exact) mass is 382 g/mol. The molecule has 0 aliphatic carbocycles. The standard InChI is InChI=1S/C21H19ClN2O3/c1-26-19-13-15(14-23-24-17-10-6-3-7-11-17)12-18(22)20(19)27-21(25)16-8-4-2-5-9-16/h2-13,23-24H,14H2,1H3. The van der Waals surface area contributed by atoms with Gasteiger partial charge in [-0.2, -0.15) is 0 Å². The summed E-state index contributed by atoms with van der Waals surface area (Å²) in [6.07, 6.45) is 0. The lowest BCUT2D eigenvalue weighted by molar-refractivity contribution is 0.0730. The van der Waals surface area contributed by atoms with Gasteiger partial charge in [-0.25, -0.2) is 10.2 Å². The van der Waals surface area contributed by atoms with Gasteiger partial charge in [0.25, 0.3) is 0 Å². The lowest BCUT2D eigenvalue weighted by Gasteiger charge is -2.14. The van der Waals surface area contributed by atoms with E-state index >= 15 is 0 Å². The second-order valence-corrected chi connectivity index (χ2v) is 6.12. The average molecular weight is 383 g/mol. The fourth-order valence-electron chi connectivity index (χ4n) is 2.47. The predicted molar refractivity (Wildman–Crippen MR) is 106 cm³/mol. The topological polar surface area (TPSA) is 59.6 Å². The second kappa shape index (κ2) is 9.07. The van der Waals surface area contributed by atoms with E-state index in [9.17, 15) is 4.79 Å². The first-order valence-corrected chi connectivity index (χ1v) is 8.72. The molecular weight excluding hydrogens is 364 g/mol. The first kappa shape index (κ1) is 18.8. The van der Waals surface area contributed by atoms with Crippen LogP contribution >= 0.6 is 11.6 Å². The number of hydrogen-bond donors (Lipinski definition) is 2. The highest BCUT2D eigenvalue weighted by Gasteiger charge is 2.17. The van der Waals surface area contributed by atoms with E-state index < -0.39 is 5.97 Å². The molecule has 3 aromatic rings. The fraction of sp³-hybridized carbons (Fsp3) is 0.0952. The zero-order valence-electron chi connectivity index (χ0n) is 14.7. The number of carbonyl (C=O) groups is 1. The molecule has 2 N–H and O–H groups in total. The van der Waals surface area contributed by atoms with Crippen molar-refractivity contribution in [2.24, 2.45) is 0 Å². The van der Waals surface area contributed by atoms with Crippen molar-refractivity contribution in [3.63, 3.8) is 0 Å². The number of nitrogens with one attached hydrogen (secondary N) is 2. The first-order valence-electron chi connectivity index (χ1n) is 8.35. The summed E-state index contributed by atoms with van der Waals surface area (Å²) in [4.78, 5) is 12.3. The number of carbonyl (C=O) groups excluding carboxylic acids is 1. The normalized spacial score (nSPS) is 10.3. The highest BCUT2D eigenvalue weighted by atomic mass is 35.5. The Balaban J connectivity index is 1.70. The average Bonchev–Trinajstić information content (AvgIpc) is 2.71. The molecule has 27 heavy (non-hydrogen) atoms. The molecule has 0 spiro atoms. The van der Waals surface area contributed by atoms with Crippen LogP contribution in [0, 0.1) is 0 Å². The summed E-state index contributed by atoms with van der Waals surface area (Å²) >= 11 is 6.34. The van der Waals surface area contributed by atoms with Crippen LogP contribution in [0.15, 0.2) is 72.8 Å². The molecule has 0 heterocycles. The number of hydrogen-bond acceptors (Lipinski definition) is 5. The molecule has 0 atom stereocenters. The number of para-hydroxylation sites is 1. The zero-order chi connectivity index (χ0) is 19.1. The lowest BCUT2D eigenvalue weighted by Crippen LogP contribution is -2.20. The van der Waals surface area contributed by atoms with Gasteiger partial charge in [0.15, 0.2) is 11.5 Å². The van der Waals surface area contributed by atoms with Crippen LogP contribution in [0.3, 0.4) is 0 Å². The van der Waals surface area contributed by atoms with E-state index in [-0.39, 0.29) is 5.75 Å². The van der Waals surface area contributed by atoms with Crippen LogP contribution in [0.2, 0.25) is 5.02 Å².